The summed E-state index contributed by atoms with van der Waals surface area (Å²) in [6.07, 6.45) is 5.56. The number of fused-ring (bicyclic) bond motifs is 2. The molecular formula is C22H23F2N5O. The molecule has 8 heteroatoms. The average molecular weight is 411 g/mol. The lowest BCUT2D eigenvalue weighted by Gasteiger charge is -2.29. The molecule has 1 atom stereocenters. The standard InChI is InChI=1S/C22H23F2N5O/c23-22(24)8-3-6-16(12-22)27-21(30)18-13-25-29-9-7-19(28-20(18)29)26-17-10-14-4-1-2-5-15(14)11-17/h1-2,4-5,7,9,13,16-17H,3,6,8,10-12H2,(H,26,28)(H,27,30). The van der Waals surface area contributed by atoms with Crippen molar-refractivity contribution in [3.63, 3.8) is 0 Å². The van der Waals surface area contributed by atoms with Gasteiger partial charge < -0.3 is 10.6 Å². The monoisotopic (exact) mass is 411 g/mol. The van der Waals surface area contributed by atoms with Gasteiger partial charge in [0, 0.05) is 31.1 Å². The van der Waals surface area contributed by atoms with E-state index in [9.17, 15) is 13.6 Å². The highest BCUT2D eigenvalue weighted by atomic mass is 19.3. The van der Waals surface area contributed by atoms with E-state index in [1.165, 1.54) is 21.8 Å². The number of alkyl halides is 2. The van der Waals surface area contributed by atoms with Crippen LogP contribution in [0.5, 0.6) is 0 Å². The second-order valence-corrected chi connectivity index (χ2v) is 8.28. The second-order valence-electron chi connectivity index (χ2n) is 8.28. The smallest absolute Gasteiger partial charge is 0.256 e. The fourth-order valence-corrected chi connectivity index (χ4v) is 4.54. The Morgan fingerprint density at radius 3 is 2.63 bits per heavy atom. The van der Waals surface area contributed by atoms with Gasteiger partial charge in [0.1, 0.15) is 11.4 Å². The largest absolute Gasteiger partial charge is 0.367 e. The summed E-state index contributed by atoms with van der Waals surface area (Å²) in [5.41, 5.74) is 3.38. The minimum absolute atomic E-state index is 0.113. The van der Waals surface area contributed by atoms with Crippen LogP contribution >= 0.6 is 0 Å². The zero-order valence-corrected chi connectivity index (χ0v) is 16.4. The Hall–Kier alpha value is -3.03. The van der Waals surface area contributed by atoms with Crippen LogP contribution in [0.2, 0.25) is 0 Å². The Labute approximate surface area is 172 Å². The molecule has 156 valence electrons. The van der Waals surface area contributed by atoms with Gasteiger partial charge in [-0.15, -0.1) is 0 Å². The van der Waals surface area contributed by atoms with E-state index in [1.807, 2.05) is 18.2 Å². The van der Waals surface area contributed by atoms with Crippen molar-refractivity contribution in [1.29, 1.82) is 0 Å². The van der Waals surface area contributed by atoms with Crippen molar-refractivity contribution in [2.45, 2.75) is 56.5 Å². The summed E-state index contributed by atoms with van der Waals surface area (Å²) in [5.74, 6) is -2.46. The molecule has 0 radical (unpaired) electrons. The van der Waals surface area contributed by atoms with Crippen LogP contribution < -0.4 is 10.6 Å². The first-order valence-corrected chi connectivity index (χ1v) is 10.3. The summed E-state index contributed by atoms with van der Waals surface area (Å²) < 4.78 is 28.8. The molecule has 6 nitrogen and oxygen atoms in total. The van der Waals surface area contributed by atoms with E-state index in [4.69, 9.17) is 0 Å². The van der Waals surface area contributed by atoms with Gasteiger partial charge in [0.25, 0.3) is 5.91 Å². The topological polar surface area (TPSA) is 71.3 Å². The van der Waals surface area contributed by atoms with Gasteiger partial charge in [-0.05, 0) is 42.9 Å². The molecule has 1 saturated carbocycles. The van der Waals surface area contributed by atoms with E-state index in [2.05, 4.69) is 32.8 Å². The highest BCUT2D eigenvalue weighted by Crippen LogP contribution is 2.33. The minimum Gasteiger partial charge on any atom is -0.367 e. The maximum Gasteiger partial charge on any atom is 0.256 e. The average Bonchev–Trinajstić information content (AvgIpc) is 3.30. The molecule has 2 aliphatic carbocycles. The summed E-state index contributed by atoms with van der Waals surface area (Å²) in [6, 6.07) is 9.91. The quantitative estimate of drug-likeness (QED) is 0.688. The number of carbonyl (C=O) groups is 1. The molecule has 2 N–H and O–H groups in total. The van der Waals surface area contributed by atoms with Crippen molar-refractivity contribution in [3.8, 4) is 0 Å². The lowest BCUT2D eigenvalue weighted by molar-refractivity contribution is -0.0429. The number of hydrogen-bond donors (Lipinski definition) is 2. The van der Waals surface area contributed by atoms with Gasteiger partial charge in [-0.25, -0.2) is 18.3 Å². The third-order valence-electron chi connectivity index (χ3n) is 5.99. The zero-order chi connectivity index (χ0) is 20.7. The van der Waals surface area contributed by atoms with Gasteiger partial charge in [-0.1, -0.05) is 24.3 Å². The van der Waals surface area contributed by atoms with E-state index in [-0.39, 0.29) is 18.9 Å². The summed E-state index contributed by atoms with van der Waals surface area (Å²) in [7, 11) is 0. The first-order chi connectivity index (χ1) is 14.5. The minimum atomic E-state index is -2.72. The Morgan fingerprint density at radius 2 is 1.90 bits per heavy atom. The summed E-state index contributed by atoms with van der Waals surface area (Å²) in [4.78, 5) is 17.3. The van der Waals surface area contributed by atoms with E-state index in [0.717, 1.165) is 12.8 Å². The summed E-state index contributed by atoms with van der Waals surface area (Å²) in [6.45, 7) is 0. The van der Waals surface area contributed by atoms with Gasteiger partial charge >= 0.3 is 0 Å². The SMILES string of the molecule is O=C(NC1CCCC(F)(F)C1)c1cnn2ccc(NC3Cc4ccccc4C3)nc12. The van der Waals surface area contributed by atoms with Gasteiger partial charge in [0.2, 0.25) is 5.92 Å². The number of amides is 1. The molecule has 1 amide bonds. The number of nitrogens with zero attached hydrogens (tertiary/aromatic N) is 3. The van der Waals surface area contributed by atoms with Crippen LogP contribution in [0.15, 0.2) is 42.7 Å². The normalized spacial score (nSPS) is 20.8. The second kappa shape index (κ2) is 7.34. The molecule has 2 heterocycles. The number of halogens is 2. The van der Waals surface area contributed by atoms with Crippen molar-refractivity contribution in [1.82, 2.24) is 19.9 Å². The molecule has 1 fully saturated rings. The van der Waals surface area contributed by atoms with Gasteiger partial charge in [-0.3, -0.25) is 4.79 Å². The van der Waals surface area contributed by atoms with Crippen LogP contribution in [-0.2, 0) is 12.8 Å². The van der Waals surface area contributed by atoms with Crippen molar-refractivity contribution < 1.29 is 13.6 Å². The van der Waals surface area contributed by atoms with Crippen molar-refractivity contribution in [2.75, 3.05) is 5.32 Å². The van der Waals surface area contributed by atoms with Crippen LogP contribution in [0, 0.1) is 0 Å². The fourth-order valence-electron chi connectivity index (χ4n) is 4.54. The lowest BCUT2D eigenvalue weighted by Crippen LogP contribution is -2.42. The molecule has 0 saturated heterocycles. The predicted molar refractivity (Wildman–Crippen MR) is 109 cm³/mol. The highest BCUT2D eigenvalue weighted by molar-refractivity contribution is 5.99. The summed E-state index contributed by atoms with van der Waals surface area (Å²) >= 11 is 0. The molecule has 1 aromatic carbocycles. The van der Waals surface area contributed by atoms with E-state index >= 15 is 0 Å². The van der Waals surface area contributed by atoms with Crippen LogP contribution in [0.1, 0.15) is 47.2 Å². The molecule has 0 bridgehead atoms. The number of benzene rings is 1. The number of aromatic nitrogens is 3. The number of rotatable bonds is 4. The number of anilines is 1. The third kappa shape index (κ3) is 3.74. The molecule has 3 aromatic rings. The molecule has 2 aromatic heterocycles. The van der Waals surface area contributed by atoms with Crippen LogP contribution in [0.25, 0.3) is 5.65 Å². The Balaban J connectivity index is 1.31. The number of nitrogens with one attached hydrogen (secondary N) is 2. The first kappa shape index (κ1) is 19.0. The first-order valence-electron chi connectivity index (χ1n) is 10.3. The van der Waals surface area contributed by atoms with Gasteiger partial charge in [-0.2, -0.15) is 5.10 Å². The van der Waals surface area contributed by atoms with Crippen molar-refractivity contribution in [2.24, 2.45) is 0 Å². The van der Waals surface area contributed by atoms with Crippen molar-refractivity contribution >= 4 is 17.4 Å². The maximum atomic E-state index is 13.7. The van der Waals surface area contributed by atoms with Gasteiger partial charge in [0.15, 0.2) is 5.65 Å². The lowest BCUT2D eigenvalue weighted by atomic mass is 9.92. The van der Waals surface area contributed by atoms with E-state index in [0.29, 0.717) is 29.9 Å². The molecule has 30 heavy (non-hydrogen) atoms. The van der Waals surface area contributed by atoms with Crippen molar-refractivity contribution in [3.05, 3.63) is 59.4 Å². The molecule has 0 spiro atoms. The predicted octanol–water partition coefficient (Wildman–Crippen LogP) is 3.62. The molecule has 5 rings (SSSR count). The maximum absolute atomic E-state index is 13.7. The Kier molecular flexibility index (Phi) is 4.64. The number of carbonyl (C=O) groups excluding carboxylic acids is 1. The van der Waals surface area contributed by atoms with E-state index < -0.39 is 17.9 Å². The van der Waals surface area contributed by atoms with E-state index in [1.54, 1.807) is 6.20 Å². The molecule has 0 aliphatic heterocycles. The van der Waals surface area contributed by atoms with Crippen LogP contribution in [-0.4, -0.2) is 38.5 Å². The third-order valence-corrected chi connectivity index (χ3v) is 5.99. The summed E-state index contributed by atoms with van der Waals surface area (Å²) in [5, 5.41) is 10.4. The van der Waals surface area contributed by atoms with Crippen LogP contribution in [0.3, 0.4) is 0 Å². The molecular weight excluding hydrogens is 388 g/mol. The zero-order valence-electron chi connectivity index (χ0n) is 16.4. The Morgan fingerprint density at radius 1 is 1.13 bits per heavy atom. The number of hydrogen-bond acceptors (Lipinski definition) is 4. The van der Waals surface area contributed by atoms with Gasteiger partial charge in [0.05, 0.1) is 6.20 Å². The Bertz CT molecular complexity index is 1070. The highest BCUT2D eigenvalue weighted by Gasteiger charge is 2.37. The molecule has 2 aliphatic rings. The van der Waals surface area contributed by atoms with Crippen LogP contribution in [0.4, 0.5) is 14.6 Å². The fraction of sp³-hybridized carbons (Fsp3) is 0.409. The molecule has 1 unspecified atom stereocenters.